The Morgan fingerprint density at radius 1 is 1.35 bits per heavy atom. The zero-order valence-electron chi connectivity index (χ0n) is 12.6. The Morgan fingerprint density at radius 2 is 2.10 bits per heavy atom. The van der Waals surface area contributed by atoms with Crippen LogP contribution in [0.5, 0.6) is 0 Å². The number of halogens is 1. The summed E-state index contributed by atoms with van der Waals surface area (Å²) >= 11 is 0. The van der Waals surface area contributed by atoms with Crippen molar-refractivity contribution in [3.05, 3.63) is 29.6 Å². The second-order valence-corrected chi connectivity index (χ2v) is 7.27. The van der Waals surface area contributed by atoms with Gasteiger partial charge in [-0.05, 0) is 53.7 Å². The predicted molar refractivity (Wildman–Crippen MR) is 78.6 cm³/mol. The number of nitrogens with two attached hydrogens (primary N) is 1. The van der Waals surface area contributed by atoms with Gasteiger partial charge in [0.05, 0.1) is 18.4 Å². The Balaban J connectivity index is 1.69. The quantitative estimate of drug-likeness (QED) is 0.843. The van der Waals surface area contributed by atoms with Crippen molar-refractivity contribution in [2.24, 2.45) is 16.7 Å². The fraction of sp³-hybridized carbons (Fsp3) is 0.647. The van der Waals surface area contributed by atoms with Crippen LogP contribution in [0.4, 0.5) is 10.1 Å². The van der Waals surface area contributed by atoms with Crippen molar-refractivity contribution in [1.82, 2.24) is 0 Å². The monoisotopic (exact) mass is 277 g/mol. The van der Waals surface area contributed by atoms with Gasteiger partial charge in [0, 0.05) is 0 Å². The van der Waals surface area contributed by atoms with Crippen molar-refractivity contribution in [2.45, 2.75) is 52.7 Å². The van der Waals surface area contributed by atoms with E-state index in [-0.39, 0.29) is 23.0 Å². The van der Waals surface area contributed by atoms with Crippen LogP contribution in [0.3, 0.4) is 0 Å². The Kier molecular flexibility index (Phi) is 3.09. The first-order chi connectivity index (χ1) is 9.34. The van der Waals surface area contributed by atoms with Crippen molar-refractivity contribution in [3.63, 3.8) is 0 Å². The number of rotatable bonds is 3. The molecule has 2 fully saturated rings. The molecule has 0 saturated heterocycles. The van der Waals surface area contributed by atoms with Gasteiger partial charge in [-0.15, -0.1) is 0 Å². The smallest absolute Gasteiger partial charge is 0.146 e. The molecule has 1 aromatic rings. The van der Waals surface area contributed by atoms with Gasteiger partial charge in [0.15, 0.2) is 0 Å². The molecule has 110 valence electrons. The predicted octanol–water partition coefficient (Wildman–Crippen LogP) is 4.14. The Bertz CT molecular complexity index is 528. The second-order valence-electron chi connectivity index (χ2n) is 7.27. The molecule has 2 saturated carbocycles. The average molecular weight is 277 g/mol. The first-order valence-electron chi connectivity index (χ1n) is 7.50. The van der Waals surface area contributed by atoms with Crippen molar-refractivity contribution < 1.29 is 9.13 Å². The fourth-order valence-corrected chi connectivity index (χ4v) is 4.24. The highest BCUT2D eigenvalue weighted by molar-refractivity contribution is 5.41. The van der Waals surface area contributed by atoms with Gasteiger partial charge < -0.3 is 10.5 Å². The maximum Gasteiger partial charge on any atom is 0.146 e. The van der Waals surface area contributed by atoms with Crippen LogP contribution in [-0.4, -0.2) is 6.10 Å². The molecule has 3 rings (SSSR count). The molecule has 0 radical (unpaired) electrons. The van der Waals surface area contributed by atoms with E-state index in [1.54, 1.807) is 6.07 Å². The lowest BCUT2D eigenvalue weighted by Gasteiger charge is -2.38. The Hall–Kier alpha value is -1.09. The number of anilines is 1. The molecule has 3 heteroatoms. The van der Waals surface area contributed by atoms with E-state index in [0.29, 0.717) is 12.0 Å². The van der Waals surface area contributed by atoms with Gasteiger partial charge in [0.2, 0.25) is 0 Å². The minimum atomic E-state index is -0.356. The largest absolute Gasteiger partial charge is 0.396 e. The molecule has 2 N–H and O–H groups in total. The molecule has 3 unspecified atom stereocenters. The van der Waals surface area contributed by atoms with E-state index in [2.05, 4.69) is 20.8 Å². The summed E-state index contributed by atoms with van der Waals surface area (Å²) in [4.78, 5) is 0. The second kappa shape index (κ2) is 4.45. The van der Waals surface area contributed by atoms with Gasteiger partial charge in [0.25, 0.3) is 0 Å². The number of hydrogen-bond acceptors (Lipinski definition) is 2. The van der Waals surface area contributed by atoms with E-state index >= 15 is 0 Å². The summed E-state index contributed by atoms with van der Waals surface area (Å²) in [7, 11) is 0. The highest BCUT2D eigenvalue weighted by Crippen LogP contribution is 2.66. The summed E-state index contributed by atoms with van der Waals surface area (Å²) in [6.07, 6.45) is 3.99. The van der Waals surface area contributed by atoms with E-state index in [1.807, 2.05) is 6.07 Å². The molecule has 0 aromatic heterocycles. The van der Waals surface area contributed by atoms with Gasteiger partial charge in [-0.1, -0.05) is 26.8 Å². The fourth-order valence-electron chi connectivity index (χ4n) is 4.24. The van der Waals surface area contributed by atoms with E-state index < -0.39 is 0 Å². The lowest BCUT2D eigenvalue weighted by atomic mass is 9.70. The SMILES string of the molecule is CC1(C)C2CCC1(C)C(OCc1ccc(N)c(F)c1)C2. The van der Waals surface area contributed by atoms with Crippen LogP contribution < -0.4 is 5.73 Å². The van der Waals surface area contributed by atoms with Gasteiger partial charge in [0.1, 0.15) is 5.82 Å². The molecular weight excluding hydrogens is 253 g/mol. The Labute approximate surface area is 120 Å². The zero-order chi connectivity index (χ0) is 14.5. The number of benzene rings is 1. The lowest BCUT2D eigenvalue weighted by Crippen LogP contribution is -2.37. The lowest BCUT2D eigenvalue weighted by molar-refractivity contribution is -0.0551. The summed E-state index contributed by atoms with van der Waals surface area (Å²) in [6, 6.07) is 4.94. The van der Waals surface area contributed by atoms with E-state index in [0.717, 1.165) is 17.9 Å². The highest BCUT2D eigenvalue weighted by atomic mass is 19.1. The minimum absolute atomic E-state index is 0.196. The normalized spacial score (nSPS) is 34.6. The molecule has 0 spiro atoms. The van der Waals surface area contributed by atoms with E-state index in [4.69, 9.17) is 10.5 Å². The standard InChI is InChI=1S/C17H24FNO/c1-16(2)12-6-7-17(16,3)15(9-12)20-10-11-4-5-14(19)13(18)8-11/h4-5,8,12,15H,6-7,9-10,19H2,1-3H3. The number of hydrogen-bond donors (Lipinski definition) is 1. The first kappa shape index (κ1) is 13.9. The molecular formula is C17H24FNO. The van der Waals surface area contributed by atoms with Crippen molar-refractivity contribution in [1.29, 1.82) is 0 Å². The molecule has 3 atom stereocenters. The molecule has 2 aliphatic rings. The highest BCUT2D eigenvalue weighted by Gasteiger charge is 2.61. The van der Waals surface area contributed by atoms with Crippen LogP contribution in [0.25, 0.3) is 0 Å². The van der Waals surface area contributed by atoms with Crippen LogP contribution in [0.2, 0.25) is 0 Å². The minimum Gasteiger partial charge on any atom is -0.396 e. The summed E-state index contributed by atoms with van der Waals surface area (Å²) in [5.74, 6) is 0.409. The third kappa shape index (κ3) is 1.86. The summed E-state index contributed by atoms with van der Waals surface area (Å²) in [5, 5.41) is 0. The molecule has 0 amide bonds. The van der Waals surface area contributed by atoms with Gasteiger partial charge in [-0.2, -0.15) is 0 Å². The molecule has 1 aromatic carbocycles. The topological polar surface area (TPSA) is 35.2 Å². The third-order valence-electron chi connectivity index (χ3n) is 6.23. The van der Waals surface area contributed by atoms with Crippen molar-refractivity contribution in [3.8, 4) is 0 Å². The van der Waals surface area contributed by atoms with Gasteiger partial charge in [-0.25, -0.2) is 4.39 Å². The van der Waals surface area contributed by atoms with Gasteiger partial charge >= 0.3 is 0 Å². The average Bonchev–Trinajstić information content (AvgIpc) is 2.73. The summed E-state index contributed by atoms with van der Waals surface area (Å²) in [5.41, 5.74) is 7.16. The molecule has 2 nitrogen and oxygen atoms in total. The van der Waals surface area contributed by atoms with Crippen LogP contribution in [0.15, 0.2) is 18.2 Å². The van der Waals surface area contributed by atoms with Crippen LogP contribution in [-0.2, 0) is 11.3 Å². The summed E-state index contributed by atoms with van der Waals surface area (Å²) < 4.78 is 19.6. The first-order valence-corrected chi connectivity index (χ1v) is 7.50. The molecule has 0 aliphatic heterocycles. The summed E-state index contributed by atoms with van der Waals surface area (Å²) in [6.45, 7) is 7.57. The van der Waals surface area contributed by atoms with Crippen LogP contribution in [0.1, 0.15) is 45.6 Å². The van der Waals surface area contributed by atoms with Crippen molar-refractivity contribution >= 4 is 5.69 Å². The Morgan fingerprint density at radius 3 is 2.65 bits per heavy atom. The molecule has 20 heavy (non-hydrogen) atoms. The molecule has 2 bridgehead atoms. The molecule has 0 heterocycles. The third-order valence-corrected chi connectivity index (χ3v) is 6.23. The number of fused-ring (bicyclic) bond motifs is 2. The maximum atomic E-state index is 13.4. The van der Waals surface area contributed by atoms with E-state index in [1.165, 1.54) is 18.9 Å². The van der Waals surface area contributed by atoms with Crippen LogP contribution in [0, 0.1) is 22.6 Å². The number of ether oxygens (including phenoxy) is 1. The molecule has 2 aliphatic carbocycles. The maximum absolute atomic E-state index is 13.4. The van der Waals surface area contributed by atoms with Crippen LogP contribution >= 0.6 is 0 Å². The van der Waals surface area contributed by atoms with E-state index in [9.17, 15) is 4.39 Å². The van der Waals surface area contributed by atoms with Gasteiger partial charge in [-0.3, -0.25) is 0 Å². The number of nitrogen functional groups attached to an aromatic ring is 1. The zero-order valence-corrected chi connectivity index (χ0v) is 12.6. The van der Waals surface area contributed by atoms with Crippen molar-refractivity contribution in [2.75, 3.05) is 5.73 Å².